The van der Waals surface area contributed by atoms with Crippen LogP contribution in [0, 0.1) is 11.8 Å². The molecular weight excluding hydrogens is 150 g/mol. The number of azide groups is 1. The molecule has 0 aromatic carbocycles. The van der Waals surface area contributed by atoms with Crippen molar-refractivity contribution < 1.29 is 0 Å². The normalized spacial score (nSPS) is 21.4. The number of hydrogen-bond acceptors (Lipinski definition) is 1. The maximum atomic E-state index is 8.17. The van der Waals surface area contributed by atoms with E-state index in [9.17, 15) is 0 Å². The molecule has 0 heterocycles. The minimum atomic E-state index is 0.584. The Morgan fingerprint density at radius 1 is 1.42 bits per heavy atom. The predicted molar refractivity (Wildman–Crippen MR) is 49.8 cm³/mol. The Balaban J connectivity index is 2.28. The third-order valence-electron chi connectivity index (χ3n) is 2.89. The van der Waals surface area contributed by atoms with E-state index in [0.29, 0.717) is 12.5 Å². The molecule has 0 aromatic rings. The van der Waals surface area contributed by atoms with Gasteiger partial charge in [-0.15, -0.1) is 0 Å². The summed E-state index contributed by atoms with van der Waals surface area (Å²) in [5.74, 6) is 1.39. The van der Waals surface area contributed by atoms with E-state index in [0.717, 1.165) is 5.92 Å². The van der Waals surface area contributed by atoms with E-state index in [2.05, 4.69) is 16.9 Å². The highest BCUT2D eigenvalue weighted by atomic mass is 15.1. The summed E-state index contributed by atoms with van der Waals surface area (Å²) in [6, 6.07) is 0. The Hall–Kier alpha value is -0.690. The zero-order valence-electron chi connectivity index (χ0n) is 7.74. The van der Waals surface area contributed by atoms with E-state index in [1.165, 1.54) is 32.1 Å². The first-order valence-corrected chi connectivity index (χ1v) is 4.85. The van der Waals surface area contributed by atoms with Crippen molar-refractivity contribution in [1.29, 1.82) is 0 Å². The highest BCUT2D eigenvalue weighted by Gasteiger charge is 2.18. The van der Waals surface area contributed by atoms with Crippen LogP contribution in [0.3, 0.4) is 0 Å². The van der Waals surface area contributed by atoms with E-state index in [1.54, 1.807) is 0 Å². The smallest absolute Gasteiger partial charge is 0.0286 e. The standard InChI is InChI=1S/C9H17N3/c1-8(7-11-12-10)9-5-3-2-4-6-9/h8-9H,2-7H2,1H3. The molecule has 1 unspecified atom stereocenters. The number of hydrogen-bond donors (Lipinski definition) is 0. The molecular formula is C9H17N3. The lowest BCUT2D eigenvalue weighted by atomic mass is 9.81. The van der Waals surface area contributed by atoms with Gasteiger partial charge in [-0.2, -0.15) is 0 Å². The van der Waals surface area contributed by atoms with Crippen LogP contribution in [0.15, 0.2) is 5.11 Å². The van der Waals surface area contributed by atoms with Crippen molar-refractivity contribution in [2.24, 2.45) is 17.0 Å². The molecule has 1 aliphatic rings. The minimum Gasteiger partial charge on any atom is -0.0937 e. The second kappa shape index (κ2) is 5.04. The first-order valence-electron chi connectivity index (χ1n) is 4.85. The molecule has 0 N–H and O–H groups in total. The molecule has 0 aromatic heterocycles. The van der Waals surface area contributed by atoms with Gasteiger partial charge in [0.15, 0.2) is 0 Å². The van der Waals surface area contributed by atoms with Gasteiger partial charge in [-0.05, 0) is 17.4 Å². The van der Waals surface area contributed by atoms with Crippen molar-refractivity contribution in [3.8, 4) is 0 Å². The predicted octanol–water partition coefficient (Wildman–Crippen LogP) is 3.51. The Bertz CT molecular complexity index is 167. The molecule has 0 amide bonds. The van der Waals surface area contributed by atoms with Crippen LogP contribution in [0.25, 0.3) is 10.4 Å². The van der Waals surface area contributed by atoms with Crippen LogP contribution in [-0.2, 0) is 0 Å². The molecule has 12 heavy (non-hydrogen) atoms. The van der Waals surface area contributed by atoms with Gasteiger partial charge in [0.2, 0.25) is 0 Å². The average molecular weight is 167 g/mol. The Morgan fingerprint density at radius 3 is 2.67 bits per heavy atom. The Kier molecular flexibility index (Phi) is 3.95. The molecule has 3 heteroatoms. The number of rotatable bonds is 3. The third-order valence-corrected chi connectivity index (χ3v) is 2.89. The molecule has 0 saturated heterocycles. The summed E-state index contributed by atoms with van der Waals surface area (Å²) < 4.78 is 0. The quantitative estimate of drug-likeness (QED) is 0.351. The minimum absolute atomic E-state index is 0.584. The molecule has 0 bridgehead atoms. The molecule has 0 aliphatic heterocycles. The van der Waals surface area contributed by atoms with Crippen LogP contribution < -0.4 is 0 Å². The monoisotopic (exact) mass is 167 g/mol. The van der Waals surface area contributed by atoms with E-state index in [1.807, 2.05) is 0 Å². The van der Waals surface area contributed by atoms with Gasteiger partial charge in [-0.1, -0.05) is 44.1 Å². The van der Waals surface area contributed by atoms with Crippen LogP contribution >= 0.6 is 0 Å². The summed E-state index contributed by atoms with van der Waals surface area (Å²) in [5, 5.41) is 3.63. The van der Waals surface area contributed by atoms with Crippen molar-refractivity contribution >= 4 is 0 Å². The first-order chi connectivity index (χ1) is 5.84. The zero-order chi connectivity index (χ0) is 8.81. The Labute approximate surface area is 73.8 Å². The molecule has 0 radical (unpaired) electrons. The topological polar surface area (TPSA) is 48.8 Å². The van der Waals surface area contributed by atoms with Gasteiger partial charge >= 0.3 is 0 Å². The van der Waals surface area contributed by atoms with Crippen molar-refractivity contribution in [3.05, 3.63) is 10.4 Å². The van der Waals surface area contributed by atoms with Crippen molar-refractivity contribution in [2.75, 3.05) is 6.54 Å². The SMILES string of the molecule is CC(CN=[N+]=[N-])C1CCCCC1. The van der Waals surface area contributed by atoms with Crippen molar-refractivity contribution in [2.45, 2.75) is 39.0 Å². The molecule has 1 fully saturated rings. The lowest BCUT2D eigenvalue weighted by Gasteiger charge is -2.26. The van der Waals surface area contributed by atoms with Gasteiger partial charge in [-0.25, -0.2) is 0 Å². The van der Waals surface area contributed by atoms with Crippen LogP contribution in [0.1, 0.15) is 39.0 Å². The summed E-state index contributed by atoms with van der Waals surface area (Å²) in [6.45, 7) is 2.88. The largest absolute Gasteiger partial charge is 0.0937 e. The summed E-state index contributed by atoms with van der Waals surface area (Å²) in [4.78, 5) is 2.80. The average Bonchev–Trinajstić information content (AvgIpc) is 2.15. The molecule has 0 spiro atoms. The molecule has 1 rings (SSSR count). The summed E-state index contributed by atoms with van der Waals surface area (Å²) in [5.41, 5.74) is 8.17. The fourth-order valence-electron chi connectivity index (χ4n) is 2.02. The highest BCUT2D eigenvalue weighted by molar-refractivity contribution is 4.72. The van der Waals surface area contributed by atoms with Crippen molar-refractivity contribution in [3.63, 3.8) is 0 Å². The van der Waals surface area contributed by atoms with E-state index in [4.69, 9.17) is 5.53 Å². The van der Waals surface area contributed by atoms with Gasteiger partial charge < -0.3 is 0 Å². The molecule has 3 nitrogen and oxygen atoms in total. The van der Waals surface area contributed by atoms with Crippen LogP contribution in [0.2, 0.25) is 0 Å². The zero-order valence-corrected chi connectivity index (χ0v) is 7.74. The second-order valence-corrected chi connectivity index (χ2v) is 3.79. The fourth-order valence-corrected chi connectivity index (χ4v) is 2.02. The lowest BCUT2D eigenvalue weighted by Crippen LogP contribution is -2.17. The molecule has 1 saturated carbocycles. The maximum Gasteiger partial charge on any atom is 0.0286 e. The van der Waals surface area contributed by atoms with Gasteiger partial charge in [0, 0.05) is 11.5 Å². The molecule has 68 valence electrons. The van der Waals surface area contributed by atoms with E-state index < -0.39 is 0 Å². The summed E-state index contributed by atoms with van der Waals surface area (Å²) in [7, 11) is 0. The molecule has 1 aliphatic carbocycles. The third kappa shape index (κ3) is 2.74. The molecule has 1 atom stereocenters. The van der Waals surface area contributed by atoms with Crippen LogP contribution in [-0.4, -0.2) is 6.54 Å². The van der Waals surface area contributed by atoms with Crippen LogP contribution in [0.5, 0.6) is 0 Å². The van der Waals surface area contributed by atoms with Gasteiger partial charge in [-0.3, -0.25) is 0 Å². The van der Waals surface area contributed by atoms with E-state index in [-0.39, 0.29) is 0 Å². The second-order valence-electron chi connectivity index (χ2n) is 3.79. The first kappa shape index (κ1) is 9.40. The maximum absolute atomic E-state index is 8.17. The van der Waals surface area contributed by atoms with Gasteiger partial charge in [0.1, 0.15) is 0 Å². The lowest BCUT2D eigenvalue weighted by molar-refractivity contribution is 0.268. The fraction of sp³-hybridized carbons (Fsp3) is 1.00. The van der Waals surface area contributed by atoms with Gasteiger partial charge in [0.05, 0.1) is 0 Å². The van der Waals surface area contributed by atoms with E-state index >= 15 is 0 Å². The number of nitrogens with zero attached hydrogens (tertiary/aromatic N) is 3. The Morgan fingerprint density at radius 2 is 2.08 bits per heavy atom. The highest BCUT2D eigenvalue weighted by Crippen LogP contribution is 2.29. The van der Waals surface area contributed by atoms with Gasteiger partial charge in [0.25, 0.3) is 0 Å². The summed E-state index contributed by atoms with van der Waals surface area (Å²) in [6.07, 6.45) is 6.80. The van der Waals surface area contributed by atoms with Crippen LogP contribution in [0.4, 0.5) is 0 Å². The van der Waals surface area contributed by atoms with Crippen molar-refractivity contribution in [1.82, 2.24) is 0 Å². The summed E-state index contributed by atoms with van der Waals surface area (Å²) >= 11 is 0.